The molecule has 2 aromatic carbocycles. The predicted octanol–water partition coefficient (Wildman–Crippen LogP) is 4.27. The van der Waals surface area contributed by atoms with Gasteiger partial charge in [0.1, 0.15) is 5.75 Å². The molecule has 0 radical (unpaired) electrons. The maximum Gasteiger partial charge on any atom is 0.263 e. The van der Waals surface area contributed by atoms with Crippen LogP contribution in [-0.2, 0) is 4.79 Å². The number of methoxy groups -OCH3 is 1. The molecular formula is C28H31N3O3S. The lowest BCUT2D eigenvalue weighted by Crippen LogP contribution is -2.51. The van der Waals surface area contributed by atoms with Crippen LogP contribution >= 0.6 is 11.3 Å². The number of anilines is 1. The largest absolute Gasteiger partial charge is 0.495 e. The van der Waals surface area contributed by atoms with E-state index >= 15 is 0 Å². The number of aryl methyl sites for hydroxylation is 1. The standard InChI is InChI=1S/C28H31N3O3S/c1-20-9-11-21(12-10-20)22-18-31(28(33)26-8-5-17-35-26)19-23(22)27(32)30-15-13-29(14-16-30)24-6-3-4-7-25(24)34-2/h3-12,17,22-23H,13-16,18-19H2,1-2H3. The van der Waals surface area contributed by atoms with Crippen LogP contribution in [-0.4, -0.2) is 68.0 Å². The number of likely N-dealkylation sites (tertiary alicyclic amines) is 1. The first-order valence-electron chi connectivity index (χ1n) is 12.1. The Morgan fingerprint density at radius 2 is 1.63 bits per heavy atom. The maximum absolute atomic E-state index is 13.8. The Bertz CT molecular complexity index is 1170. The summed E-state index contributed by atoms with van der Waals surface area (Å²) in [5, 5.41) is 1.92. The number of benzene rings is 2. The number of para-hydroxylation sites is 2. The van der Waals surface area contributed by atoms with Gasteiger partial charge in [0, 0.05) is 45.2 Å². The van der Waals surface area contributed by atoms with Gasteiger partial charge in [0.2, 0.25) is 5.91 Å². The third-order valence-corrected chi connectivity index (χ3v) is 8.04. The molecule has 2 saturated heterocycles. The van der Waals surface area contributed by atoms with Crippen LogP contribution in [0.3, 0.4) is 0 Å². The summed E-state index contributed by atoms with van der Waals surface area (Å²) in [6.45, 7) is 5.92. The Morgan fingerprint density at radius 3 is 2.31 bits per heavy atom. The molecule has 0 aliphatic carbocycles. The van der Waals surface area contributed by atoms with Crippen molar-refractivity contribution in [3.05, 3.63) is 82.0 Å². The van der Waals surface area contributed by atoms with Gasteiger partial charge in [0.15, 0.2) is 0 Å². The Morgan fingerprint density at radius 1 is 0.886 bits per heavy atom. The van der Waals surface area contributed by atoms with Gasteiger partial charge in [-0.15, -0.1) is 11.3 Å². The average Bonchev–Trinajstić information content (AvgIpc) is 3.59. The molecule has 0 bridgehead atoms. The highest BCUT2D eigenvalue weighted by molar-refractivity contribution is 7.12. The van der Waals surface area contributed by atoms with Crippen molar-refractivity contribution < 1.29 is 14.3 Å². The van der Waals surface area contributed by atoms with Crippen LogP contribution < -0.4 is 9.64 Å². The second-order valence-electron chi connectivity index (χ2n) is 9.30. The van der Waals surface area contributed by atoms with Crippen LogP contribution in [0.5, 0.6) is 5.75 Å². The molecule has 3 heterocycles. The van der Waals surface area contributed by atoms with Crippen molar-refractivity contribution in [1.82, 2.24) is 9.80 Å². The van der Waals surface area contributed by atoms with E-state index in [1.165, 1.54) is 16.9 Å². The number of piperazine rings is 1. The Kier molecular flexibility index (Phi) is 6.77. The number of carbonyl (C=O) groups is 2. The quantitative estimate of drug-likeness (QED) is 0.537. The van der Waals surface area contributed by atoms with Crippen molar-refractivity contribution in [2.24, 2.45) is 5.92 Å². The first-order chi connectivity index (χ1) is 17.0. The number of rotatable bonds is 5. The Hall–Kier alpha value is -3.32. The molecule has 6 nitrogen and oxygen atoms in total. The maximum atomic E-state index is 13.8. The molecule has 2 aliphatic rings. The zero-order valence-corrected chi connectivity index (χ0v) is 21.0. The fraction of sp³-hybridized carbons (Fsp3) is 0.357. The summed E-state index contributed by atoms with van der Waals surface area (Å²) in [7, 11) is 1.69. The summed E-state index contributed by atoms with van der Waals surface area (Å²) in [5.41, 5.74) is 3.38. The fourth-order valence-corrected chi connectivity index (χ4v) is 5.91. The van der Waals surface area contributed by atoms with E-state index in [4.69, 9.17) is 4.74 Å². The molecule has 2 aliphatic heterocycles. The lowest BCUT2D eigenvalue weighted by atomic mass is 9.87. The van der Waals surface area contributed by atoms with Gasteiger partial charge in [-0.2, -0.15) is 0 Å². The van der Waals surface area contributed by atoms with Gasteiger partial charge in [0.25, 0.3) is 5.91 Å². The molecule has 0 spiro atoms. The van der Waals surface area contributed by atoms with E-state index in [0.29, 0.717) is 26.2 Å². The Balaban J connectivity index is 1.32. The summed E-state index contributed by atoms with van der Waals surface area (Å²) in [6.07, 6.45) is 0. The van der Waals surface area contributed by atoms with Crippen molar-refractivity contribution in [3.63, 3.8) is 0 Å². The van der Waals surface area contributed by atoms with Gasteiger partial charge in [-0.05, 0) is 36.1 Å². The van der Waals surface area contributed by atoms with Gasteiger partial charge in [0.05, 0.1) is 23.6 Å². The lowest BCUT2D eigenvalue weighted by molar-refractivity contribution is -0.135. The minimum atomic E-state index is -0.237. The molecule has 5 rings (SSSR count). The average molecular weight is 490 g/mol. The molecule has 1 aromatic heterocycles. The molecule has 0 N–H and O–H groups in total. The summed E-state index contributed by atoms with van der Waals surface area (Å²) in [6, 6.07) is 20.2. The minimum absolute atomic E-state index is 0.000686. The summed E-state index contributed by atoms with van der Waals surface area (Å²) in [4.78, 5) is 33.8. The first-order valence-corrected chi connectivity index (χ1v) is 13.0. The number of hydrogen-bond acceptors (Lipinski definition) is 5. The number of ether oxygens (including phenoxy) is 1. The molecule has 3 aromatic rings. The number of amides is 2. The van der Waals surface area contributed by atoms with Gasteiger partial charge >= 0.3 is 0 Å². The molecule has 35 heavy (non-hydrogen) atoms. The van der Waals surface area contributed by atoms with E-state index in [2.05, 4.69) is 42.2 Å². The second kappa shape index (κ2) is 10.1. The minimum Gasteiger partial charge on any atom is -0.495 e. The third-order valence-electron chi connectivity index (χ3n) is 7.18. The normalized spacial score (nSPS) is 20.2. The van der Waals surface area contributed by atoms with E-state index in [-0.39, 0.29) is 23.7 Å². The fourth-order valence-electron chi connectivity index (χ4n) is 5.22. The van der Waals surface area contributed by atoms with Crippen molar-refractivity contribution in [3.8, 4) is 5.75 Å². The zero-order valence-electron chi connectivity index (χ0n) is 20.2. The zero-order chi connectivity index (χ0) is 24.4. The van der Waals surface area contributed by atoms with Crippen molar-refractivity contribution >= 4 is 28.8 Å². The monoisotopic (exact) mass is 489 g/mol. The molecule has 182 valence electrons. The third kappa shape index (κ3) is 4.78. The van der Waals surface area contributed by atoms with Crippen molar-refractivity contribution in [2.75, 3.05) is 51.3 Å². The second-order valence-corrected chi connectivity index (χ2v) is 10.2. The molecule has 7 heteroatoms. The Labute approximate surface area is 210 Å². The lowest BCUT2D eigenvalue weighted by Gasteiger charge is -2.38. The topological polar surface area (TPSA) is 53.1 Å². The van der Waals surface area contributed by atoms with Crippen LogP contribution in [0.1, 0.15) is 26.7 Å². The van der Waals surface area contributed by atoms with E-state index < -0.39 is 0 Å². The number of carbonyl (C=O) groups excluding carboxylic acids is 2. The van der Waals surface area contributed by atoms with Crippen LogP contribution in [0.15, 0.2) is 66.0 Å². The van der Waals surface area contributed by atoms with E-state index in [0.717, 1.165) is 35.0 Å². The van der Waals surface area contributed by atoms with E-state index in [1.54, 1.807) is 7.11 Å². The molecule has 2 atom stereocenters. The van der Waals surface area contributed by atoms with Crippen LogP contribution in [0, 0.1) is 12.8 Å². The number of nitrogens with zero attached hydrogens (tertiary/aromatic N) is 3. The highest BCUT2D eigenvalue weighted by atomic mass is 32.1. The van der Waals surface area contributed by atoms with Gasteiger partial charge in [-0.25, -0.2) is 0 Å². The van der Waals surface area contributed by atoms with Crippen LogP contribution in [0.4, 0.5) is 5.69 Å². The van der Waals surface area contributed by atoms with E-state index in [9.17, 15) is 9.59 Å². The van der Waals surface area contributed by atoms with Gasteiger partial charge in [-0.1, -0.05) is 48.0 Å². The highest BCUT2D eigenvalue weighted by Crippen LogP contribution is 2.36. The molecular weight excluding hydrogens is 458 g/mol. The van der Waals surface area contributed by atoms with Crippen LogP contribution in [0.2, 0.25) is 0 Å². The first kappa shape index (κ1) is 23.4. The summed E-state index contributed by atoms with van der Waals surface area (Å²) in [5.74, 6) is 0.786. The highest BCUT2D eigenvalue weighted by Gasteiger charge is 2.42. The summed E-state index contributed by atoms with van der Waals surface area (Å²) < 4.78 is 5.53. The molecule has 0 saturated carbocycles. The van der Waals surface area contributed by atoms with Crippen LogP contribution in [0.25, 0.3) is 0 Å². The predicted molar refractivity (Wildman–Crippen MR) is 139 cm³/mol. The smallest absolute Gasteiger partial charge is 0.263 e. The number of hydrogen-bond donors (Lipinski definition) is 0. The van der Waals surface area contributed by atoms with Crippen molar-refractivity contribution in [1.29, 1.82) is 0 Å². The molecule has 2 unspecified atom stereocenters. The molecule has 2 fully saturated rings. The summed E-state index contributed by atoms with van der Waals surface area (Å²) >= 11 is 1.45. The van der Waals surface area contributed by atoms with E-state index in [1.807, 2.05) is 45.5 Å². The SMILES string of the molecule is COc1ccccc1N1CCN(C(=O)C2CN(C(=O)c3cccs3)CC2c2ccc(C)cc2)CC1. The molecule has 2 amide bonds. The van der Waals surface area contributed by atoms with Gasteiger partial charge in [-0.3, -0.25) is 9.59 Å². The van der Waals surface area contributed by atoms with Crippen molar-refractivity contribution in [2.45, 2.75) is 12.8 Å². The number of thiophene rings is 1. The van der Waals surface area contributed by atoms with Gasteiger partial charge < -0.3 is 19.4 Å².